The van der Waals surface area contributed by atoms with E-state index < -0.39 is 11.6 Å². The molecule has 0 amide bonds. The highest BCUT2D eigenvalue weighted by atomic mass is 19.2. The molecule has 0 fully saturated rings. The van der Waals surface area contributed by atoms with Crippen LogP contribution in [0.2, 0.25) is 0 Å². The lowest BCUT2D eigenvalue weighted by molar-refractivity contribution is 0.111. The number of rotatable bonds is 2. The molecule has 1 aromatic heterocycles. The van der Waals surface area contributed by atoms with Crippen LogP contribution in [0.3, 0.4) is 0 Å². The number of aldehydes is 1. The van der Waals surface area contributed by atoms with Crippen LogP contribution in [0.5, 0.6) is 0 Å². The van der Waals surface area contributed by atoms with Crippen molar-refractivity contribution in [3.8, 4) is 11.1 Å². The van der Waals surface area contributed by atoms with Crippen LogP contribution in [0, 0.1) is 11.6 Å². The lowest BCUT2D eigenvalue weighted by atomic mass is 10.0. The monoisotopic (exact) mass is 219 g/mol. The molecule has 0 aliphatic heterocycles. The molecule has 0 atom stereocenters. The first-order valence-corrected chi connectivity index (χ1v) is 4.58. The smallest absolute Gasteiger partial charge is 0.169 e. The highest BCUT2D eigenvalue weighted by Gasteiger charge is 2.12. The molecule has 2 rings (SSSR count). The molecule has 80 valence electrons. The largest absolute Gasteiger partial charge is 0.296 e. The van der Waals surface area contributed by atoms with E-state index in [1.807, 2.05) is 0 Å². The molecule has 0 N–H and O–H groups in total. The van der Waals surface area contributed by atoms with E-state index in [-0.39, 0.29) is 16.8 Å². The molecule has 0 aliphatic carbocycles. The van der Waals surface area contributed by atoms with Crippen molar-refractivity contribution in [1.29, 1.82) is 0 Å². The molecule has 0 unspecified atom stereocenters. The normalized spacial score (nSPS) is 10.1. The van der Waals surface area contributed by atoms with Crippen molar-refractivity contribution in [3.63, 3.8) is 0 Å². The lowest BCUT2D eigenvalue weighted by Crippen LogP contribution is -1.95. The van der Waals surface area contributed by atoms with Gasteiger partial charge in [0.25, 0.3) is 0 Å². The molecule has 2 nitrogen and oxygen atoms in total. The van der Waals surface area contributed by atoms with E-state index in [9.17, 15) is 13.6 Å². The van der Waals surface area contributed by atoms with Crippen LogP contribution in [0.1, 0.15) is 10.5 Å². The summed E-state index contributed by atoms with van der Waals surface area (Å²) in [4.78, 5) is 14.5. The summed E-state index contributed by atoms with van der Waals surface area (Å²) in [6.07, 6.45) is 1.93. The SMILES string of the molecule is O=Cc1ncccc1-c1cccc(F)c1F. The van der Waals surface area contributed by atoms with Crippen LogP contribution in [0.4, 0.5) is 8.78 Å². The molecule has 0 bridgehead atoms. The Morgan fingerprint density at radius 3 is 2.56 bits per heavy atom. The second kappa shape index (κ2) is 4.18. The first-order valence-electron chi connectivity index (χ1n) is 4.58. The van der Waals surface area contributed by atoms with Crippen molar-refractivity contribution in [1.82, 2.24) is 4.98 Å². The van der Waals surface area contributed by atoms with Crippen molar-refractivity contribution in [2.45, 2.75) is 0 Å². The van der Waals surface area contributed by atoms with Crippen LogP contribution >= 0.6 is 0 Å². The molecule has 0 aliphatic rings. The van der Waals surface area contributed by atoms with E-state index in [0.717, 1.165) is 6.07 Å². The summed E-state index contributed by atoms with van der Waals surface area (Å²) in [5, 5.41) is 0. The second-order valence-electron chi connectivity index (χ2n) is 3.16. The Morgan fingerprint density at radius 1 is 1.06 bits per heavy atom. The van der Waals surface area contributed by atoms with Gasteiger partial charge >= 0.3 is 0 Å². The molecule has 1 aromatic carbocycles. The number of pyridine rings is 1. The van der Waals surface area contributed by atoms with E-state index >= 15 is 0 Å². The maximum Gasteiger partial charge on any atom is 0.169 e. The van der Waals surface area contributed by atoms with Gasteiger partial charge in [-0.3, -0.25) is 9.78 Å². The number of hydrogen-bond donors (Lipinski definition) is 0. The van der Waals surface area contributed by atoms with Gasteiger partial charge in [0, 0.05) is 17.3 Å². The minimum atomic E-state index is -0.974. The van der Waals surface area contributed by atoms with Gasteiger partial charge in [-0.25, -0.2) is 8.78 Å². The maximum absolute atomic E-state index is 13.5. The molecule has 0 saturated carbocycles. The Labute approximate surface area is 90.6 Å². The molecule has 16 heavy (non-hydrogen) atoms. The predicted molar refractivity (Wildman–Crippen MR) is 55.0 cm³/mol. The third kappa shape index (κ3) is 1.69. The quantitative estimate of drug-likeness (QED) is 0.727. The fourth-order valence-electron chi connectivity index (χ4n) is 1.45. The van der Waals surface area contributed by atoms with Crippen molar-refractivity contribution < 1.29 is 13.6 Å². The first-order chi connectivity index (χ1) is 7.74. The fraction of sp³-hybridized carbons (Fsp3) is 0. The summed E-state index contributed by atoms with van der Waals surface area (Å²) in [6.45, 7) is 0. The van der Waals surface area contributed by atoms with E-state index in [2.05, 4.69) is 4.98 Å². The summed E-state index contributed by atoms with van der Waals surface area (Å²) in [7, 11) is 0. The standard InChI is InChI=1S/C12H7F2NO/c13-10-5-1-3-9(12(10)14)8-4-2-6-15-11(8)7-16/h1-7H. The van der Waals surface area contributed by atoms with E-state index in [1.54, 1.807) is 6.07 Å². The van der Waals surface area contributed by atoms with Crippen LogP contribution in [-0.2, 0) is 0 Å². The van der Waals surface area contributed by atoms with Crippen LogP contribution in [-0.4, -0.2) is 11.3 Å². The zero-order valence-electron chi connectivity index (χ0n) is 8.15. The average Bonchev–Trinajstić information content (AvgIpc) is 2.33. The van der Waals surface area contributed by atoms with Crippen LogP contribution in [0.15, 0.2) is 36.5 Å². The zero-order valence-corrected chi connectivity index (χ0v) is 8.15. The van der Waals surface area contributed by atoms with Crippen LogP contribution in [0.25, 0.3) is 11.1 Å². The molecule has 0 radical (unpaired) electrons. The van der Waals surface area contributed by atoms with Gasteiger partial charge in [0.15, 0.2) is 17.9 Å². The van der Waals surface area contributed by atoms with Gasteiger partial charge in [-0.15, -0.1) is 0 Å². The van der Waals surface area contributed by atoms with Gasteiger partial charge in [-0.2, -0.15) is 0 Å². The number of benzene rings is 1. The highest BCUT2D eigenvalue weighted by Crippen LogP contribution is 2.25. The Kier molecular flexibility index (Phi) is 2.72. The number of carbonyl (C=O) groups excluding carboxylic acids is 1. The van der Waals surface area contributed by atoms with Crippen molar-refractivity contribution in [2.24, 2.45) is 0 Å². The van der Waals surface area contributed by atoms with Crippen molar-refractivity contribution >= 4 is 6.29 Å². The predicted octanol–water partition coefficient (Wildman–Crippen LogP) is 2.84. The Balaban J connectivity index is 2.67. The molecule has 0 spiro atoms. The minimum absolute atomic E-state index is 0.0372. The summed E-state index contributed by atoms with van der Waals surface area (Å²) < 4.78 is 26.5. The van der Waals surface area contributed by atoms with E-state index in [0.29, 0.717) is 6.29 Å². The number of halogens is 2. The average molecular weight is 219 g/mol. The summed E-state index contributed by atoms with van der Waals surface area (Å²) in [5.41, 5.74) is 0.414. The second-order valence-corrected chi connectivity index (χ2v) is 3.16. The first kappa shape index (κ1) is 10.4. The van der Waals surface area contributed by atoms with Gasteiger partial charge in [0.2, 0.25) is 0 Å². The molecule has 0 saturated heterocycles. The molecule has 4 heteroatoms. The fourth-order valence-corrected chi connectivity index (χ4v) is 1.45. The number of aromatic nitrogens is 1. The topological polar surface area (TPSA) is 30.0 Å². The van der Waals surface area contributed by atoms with Crippen LogP contribution < -0.4 is 0 Å². The van der Waals surface area contributed by atoms with Crippen molar-refractivity contribution in [3.05, 3.63) is 53.9 Å². The summed E-state index contributed by atoms with van der Waals surface area (Å²) in [6, 6.07) is 6.90. The molecule has 1 heterocycles. The summed E-state index contributed by atoms with van der Waals surface area (Å²) >= 11 is 0. The Hall–Kier alpha value is -2.10. The summed E-state index contributed by atoms with van der Waals surface area (Å²) in [5.74, 6) is -1.92. The van der Waals surface area contributed by atoms with Gasteiger partial charge in [-0.1, -0.05) is 18.2 Å². The number of hydrogen-bond acceptors (Lipinski definition) is 2. The Bertz CT molecular complexity index is 540. The number of carbonyl (C=O) groups is 1. The molecule has 2 aromatic rings. The van der Waals surface area contributed by atoms with Gasteiger partial charge in [-0.05, 0) is 12.1 Å². The third-order valence-corrected chi connectivity index (χ3v) is 2.19. The lowest BCUT2D eigenvalue weighted by Gasteiger charge is -2.05. The maximum atomic E-state index is 13.5. The van der Waals surface area contributed by atoms with Gasteiger partial charge in [0.1, 0.15) is 5.69 Å². The number of nitrogens with zero attached hydrogens (tertiary/aromatic N) is 1. The minimum Gasteiger partial charge on any atom is -0.296 e. The van der Waals surface area contributed by atoms with E-state index in [1.165, 1.54) is 24.4 Å². The Morgan fingerprint density at radius 2 is 1.81 bits per heavy atom. The van der Waals surface area contributed by atoms with Gasteiger partial charge < -0.3 is 0 Å². The molecular formula is C12H7F2NO. The highest BCUT2D eigenvalue weighted by molar-refractivity contribution is 5.85. The van der Waals surface area contributed by atoms with Crippen molar-refractivity contribution in [2.75, 3.05) is 0 Å². The molecular weight excluding hydrogens is 212 g/mol. The van der Waals surface area contributed by atoms with E-state index in [4.69, 9.17) is 0 Å². The zero-order chi connectivity index (χ0) is 11.5. The van der Waals surface area contributed by atoms with Gasteiger partial charge in [0.05, 0.1) is 0 Å². The third-order valence-electron chi connectivity index (χ3n) is 2.19.